The minimum atomic E-state index is -0.208. The van der Waals surface area contributed by atoms with Crippen LogP contribution in [-0.4, -0.2) is 24.9 Å². The van der Waals surface area contributed by atoms with E-state index in [9.17, 15) is 0 Å². The molecule has 2 heteroatoms. The molecule has 1 unspecified atom stereocenters. The van der Waals surface area contributed by atoms with Crippen molar-refractivity contribution in [2.75, 3.05) is 13.2 Å². The lowest BCUT2D eigenvalue weighted by Gasteiger charge is -2.20. The van der Waals surface area contributed by atoms with Crippen molar-refractivity contribution in [3.63, 3.8) is 0 Å². The van der Waals surface area contributed by atoms with Crippen molar-refractivity contribution in [3.05, 3.63) is 24.8 Å². The molecule has 12 heavy (non-hydrogen) atoms. The highest BCUT2D eigenvalue weighted by molar-refractivity contribution is 5.05. The number of epoxide rings is 1. The van der Waals surface area contributed by atoms with E-state index in [4.69, 9.17) is 9.47 Å². The summed E-state index contributed by atoms with van der Waals surface area (Å²) in [6.07, 6.45) is 5.97. The van der Waals surface area contributed by atoms with Gasteiger partial charge in [-0.1, -0.05) is 24.8 Å². The first-order valence-electron chi connectivity index (χ1n) is 4.20. The summed E-state index contributed by atoms with van der Waals surface area (Å²) in [7, 11) is 0. The molecule has 0 aromatic carbocycles. The predicted octanol–water partition coefficient (Wildman–Crippen LogP) is 1.92. The summed E-state index contributed by atoms with van der Waals surface area (Å²) >= 11 is 0. The SMILES string of the molecule is C=C/C=C/C(C)(C)OCC1CO1. The average molecular weight is 168 g/mol. The normalized spacial score (nSPS) is 23.0. The van der Waals surface area contributed by atoms with Gasteiger partial charge in [0.1, 0.15) is 6.10 Å². The fraction of sp³-hybridized carbons (Fsp3) is 0.600. The molecule has 1 fully saturated rings. The second-order valence-electron chi connectivity index (χ2n) is 3.46. The molecule has 1 rings (SSSR count). The van der Waals surface area contributed by atoms with E-state index in [1.54, 1.807) is 6.08 Å². The second-order valence-corrected chi connectivity index (χ2v) is 3.46. The van der Waals surface area contributed by atoms with Gasteiger partial charge in [0.15, 0.2) is 0 Å². The van der Waals surface area contributed by atoms with Crippen LogP contribution in [0.2, 0.25) is 0 Å². The van der Waals surface area contributed by atoms with Gasteiger partial charge in [0, 0.05) is 0 Å². The van der Waals surface area contributed by atoms with Crippen LogP contribution in [0.3, 0.4) is 0 Å². The molecule has 0 amide bonds. The van der Waals surface area contributed by atoms with Crippen LogP contribution in [0, 0.1) is 0 Å². The third kappa shape index (κ3) is 3.69. The Kier molecular flexibility index (Phi) is 3.06. The van der Waals surface area contributed by atoms with Gasteiger partial charge in [-0.05, 0) is 13.8 Å². The third-order valence-corrected chi connectivity index (χ3v) is 1.68. The molecule has 1 aliphatic heterocycles. The van der Waals surface area contributed by atoms with Crippen LogP contribution in [0.1, 0.15) is 13.8 Å². The lowest BCUT2D eigenvalue weighted by Crippen LogP contribution is -2.23. The van der Waals surface area contributed by atoms with Crippen molar-refractivity contribution in [1.29, 1.82) is 0 Å². The standard InChI is InChI=1S/C10H16O2/c1-4-5-6-10(2,3)12-8-9-7-11-9/h4-6,9H,1,7-8H2,2-3H3/b6-5+. The van der Waals surface area contributed by atoms with E-state index in [1.165, 1.54) is 0 Å². The Balaban J connectivity index is 2.24. The van der Waals surface area contributed by atoms with Crippen LogP contribution in [0.25, 0.3) is 0 Å². The summed E-state index contributed by atoms with van der Waals surface area (Å²) in [5.41, 5.74) is -0.208. The number of ether oxygens (including phenoxy) is 2. The maximum absolute atomic E-state index is 5.60. The quantitative estimate of drug-likeness (QED) is 0.462. The fourth-order valence-corrected chi connectivity index (χ4v) is 0.820. The van der Waals surface area contributed by atoms with E-state index in [2.05, 4.69) is 6.58 Å². The van der Waals surface area contributed by atoms with Gasteiger partial charge in [-0.15, -0.1) is 0 Å². The summed E-state index contributed by atoms with van der Waals surface area (Å²) in [5, 5.41) is 0. The number of hydrogen-bond donors (Lipinski definition) is 0. The van der Waals surface area contributed by atoms with E-state index < -0.39 is 0 Å². The Bertz CT molecular complexity index is 178. The van der Waals surface area contributed by atoms with Crippen LogP contribution in [0.4, 0.5) is 0 Å². The Hall–Kier alpha value is -0.600. The summed E-state index contributed by atoms with van der Waals surface area (Å²) in [6, 6.07) is 0. The van der Waals surface area contributed by atoms with Gasteiger partial charge in [0.05, 0.1) is 18.8 Å². The van der Waals surface area contributed by atoms with Gasteiger partial charge in [0.25, 0.3) is 0 Å². The maximum Gasteiger partial charge on any atom is 0.104 e. The molecule has 0 spiro atoms. The molecule has 1 atom stereocenters. The van der Waals surface area contributed by atoms with E-state index in [1.807, 2.05) is 26.0 Å². The molecular weight excluding hydrogens is 152 g/mol. The van der Waals surface area contributed by atoms with Gasteiger partial charge >= 0.3 is 0 Å². The van der Waals surface area contributed by atoms with E-state index in [0.717, 1.165) is 6.61 Å². The molecule has 0 aromatic rings. The summed E-state index contributed by atoms with van der Waals surface area (Å²) < 4.78 is 10.6. The van der Waals surface area contributed by atoms with Crippen molar-refractivity contribution in [2.45, 2.75) is 25.6 Å². The highest BCUT2D eigenvalue weighted by Crippen LogP contribution is 2.16. The van der Waals surface area contributed by atoms with E-state index in [-0.39, 0.29) is 5.60 Å². The minimum absolute atomic E-state index is 0.208. The lowest BCUT2D eigenvalue weighted by atomic mass is 10.1. The largest absolute Gasteiger partial charge is 0.371 e. The van der Waals surface area contributed by atoms with Crippen molar-refractivity contribution >= 4 is 0 Å². The molecule has 1 heterocycles. The highest BCUT2D eigenvalue weighted by Gasteiger charge is 2.25. The zero-order valence-electron chi connectivity index (χ0n) is 7.75. The molecule has 1 saturated heterocycles. The molecule has 2 nitrogen and oxygen atoms in total. The summed E-state index contributed by atoms with van der Waals surface area (Å²) in [6.45, 7) is 9.19. The molecule has 0 aliphatic carbocycles. The van der Waals surface area contributed by atoms with Crippen molar-refractivity contribution in [1.82, 2.24) is 0 Å². The third-order valence-electron chi connectivity index (χ3n) is 1.68. The first kappa shape index (κ1) is 9.49. The molecule has 0 radical (unpaired) electrons. The smallest absolute Gasteiger partial charge is 0.104 e. The van der Waals surface area contributed by atoms with Crippen molar-refractivity contribution in [3.8, 4) is 0 Å². The molecule has 0 aromatic heterocycles. The van der Waals surface area contributed by atoms with Gasteiger partial charge in [-0.2, -0.15) is 0 Å². The van der Waals surface area contributed by atoms with E-state index in [0.29, 0.717) is 12.7 Å². The Morgan fingerprint density at radius 2 is 2.33 bits per heavy atom. The van der Waals surface area contributed by atoms with Crippen LogP contribution >= 0.6 is 0 Å². The molecule has 0 N–H and O–H groups in total. The topological polar surface area (TPSA) is 21.8 Å². The molecule has 68 valence electrons. The lowest BCUT2D eigenvalue weighted by molar-refractivity contribution is 0.0109. The monoisotopic (exact) mass is 168 g/mol. The van der Waals surface area contributed by atoms with Crippen molar-refractivity contribution in [2.24, 2.45) is 0 Å². The van der Waals surface area contributed by atoms with E-state index >= 15 is 0 Å². The van der Waals surface area contributed by atoms with Gasteiger partial charge in [0.2, 0.25) is 0 Å². The molecule has 1 aliphatic rings. The van der Waals surface area contributed by atoms with Gasteiger partial charge in [-0.3, -0.25) is 0 Å². The van der Waals surface area contributed by atoms with Crippen LogP contribution in [0.15, 0.2) is 24.8 Å². The maximum atomic E-state index is 5.60. The first-order chi connectivity index (χ1) is 5.64. The minimum Gasteiger partial charge on any atom is -0.371 e. The van der Waals surface area contributed by atoms with Gasteiger partial charge in [-0.25, -0.2) is 0 Å². The fourth-order valence-electron chi connectivity index (χ4n) is 0.820. The predicted molar refractivity (Wildman–Crippen MR) is 49.1 cm³/mol. The highest BCUT2D eigenvalue weighted by atomic mass is 16.6. The second kappa shape index (κ2) is 3.87. The van der Waals surface area contributed by atoms with Gasteiger partial charge < -0.3 is 9.47 Å². The Morgan fingerprint density at radius 1 is 1.67 bits per heavy atom. The first-order valence-corrected chi connectivity index (χ1v) is 4.20. The molecule has 0 saturated carbocycles. The zero-order chi connectivity index (χ0) is 9.03. The Labute approximate surface area is 73.9 Å². The summed E-state index contributed by atoms with van der Waals surface area (Å²) in [4.78, 5) is 0. The van der Waals surface area contributed by atoms with Crippen molar-refractivity contribution < 1.29 is 9.47 Å². The Morgan fingerprint density at radius 3 is 2.83 bits per heavy atom. The molecular formula is C10H16O2. The average Bonchev–Trinajstić information content (AvgIpc) is 2.81. The number of hydrogen-bond acceptors (Lipinski definition) is 2. The summed E-state index contributed by atoms with van der Waals surface area (Å²) in [5.74, 6) is 0. The van der Waals surface area contributed by atoms with Crippen LogP contribution < -0.4 is 0 Å². The number of allylic oxidation sites excluding steroid dienone is 2. The zero-order valence-corrected chi connectivity index (χ0v) is 7.75. The van der Waals surface area contributed by atoms with Crippen LogP contribution in [0.5, 0.6) is 0 Å². The number of rotatable bonds is 5. The van der Waals surface area contributed by atoms with Crippen LogP contribution in [-0.2, 0) is 9.47 Å². The molecule has 0 bridgehead atoms.